The van der Waals surface area contributed by atoms with Crippen LogP contribution in [0.1, 0.15) is 48.5 Å². The topological polar surface area (TPSA) is 122 Å². The Morgan fingerprint density at radius 2 is 2.15 bits per heavy atom. The summed E-state index contributed by atoms with van der Waals surface area (Å²) in [6.45, 7) is 2.21. The third-order valence-electron chi connectivity index (χ3n) is 4.83. The highest BCUT2D eigenvalue weighted by atomic mass is 16.2. The van der Waals surface area contributed by atoms with E-state index in [-0.39, 0.29) is 24.8 Å². The molecular weight excluding hydrogens is 336 g/mol. The van der Waals surface area contributed by atoms with Gasteiger partial charge in [0, 0.05) is 29.8 Å². The van der Waals surface area contributed by atoms with Crippen molar-refractivity contribution in [2.75, 3.05) is 5.32 Å². The van der Waals surface area contributed by atoms with Gasteiger partial charge in [0.15, 0.2) is 0 Å². The normalized spacial score (nSPS) is 20.6. The molecule has 1 fully saturated rings. The van der Waals surface area contributed by atoms with Crippen LogP contribution in [0.2, 0.25) is 0 Å². The quantitative estimate of drug-likeness (QED) is 0.640. The van der Waals surface area contributed by atoms with E-state index in [9.17, 15) is 19.2 Å². The van der Waals surface area contributed by atoms with Gasteiger partial charge in [0.2, 0.25) is 17.7 Å². The molecule has 0 radical (unpaired) electrons. The first kappa shape index (κ1) is 17.9. The van der Waals surface area contributed by atoms with Crippen LogP contribution in [0.4, 0.5) is 5.69 Å². The highest BCUT2D eigenvalue weighted by Gasteiger charge is 2.40. The number of primary amides is 1. The Morgan fingerprint density at radius 1 is 1.38 bits per heavy atom. The number of hydrogen-bond donors (Lipinski definition) is 3. The van der Waals surface area contributed by atoms with Crippen molar-refractivity contribution in [3.8, 4) is 0 Å². The fraction of sp³-hybridized carbons (Fsp3) is 0.444. The average molecular weight is 358 g/mol. The molecule has 0 saturated carbocycles. The minimum absolute atomic E-state index is 0.210. The van der Waals surface area contributed by atoms with Crippen molar-refractivity contribution >= 4 is 29.3 Å². The summed E-state index contributed by atoms with van der Waals surface area (Å²) in [7, 11) is 0. The van der Waals surface area contributed by atoms with Gasteiger partial charge in [0.05, 0.1) is 0 Å². The van der Waals surface area contributed by atoms with Crippen molar-refractivity contribution in [1.82, 2.24) is 10.2 Å². The van der Waals surface area contributed by atoms with E-state index in [1.807, 2.05) is 6.92 Å². The zero-order chi connectivity index (χ0) is 18.8. The van der Waals surface area contributed by atoms with Gasteiger partial charge >= 0.3 is 0 Å². The summed E-state index contributed by atoms with van der Waals surface area (Å²) in [6.07, 6.45) is 1.90. The van der Waals surface area contributed by atoms with Gasteiger partial charge in [0.25, 0.3) is 5.91 Å². The number of nitrogens with two attached hydrogens (primary N) is 1. The standard InChI is InChI=1S/C18H22N4O4/c1-2-4-13(16(19)24)20-12-6-3-5-10-11(12)9-22(18(10)26)14-7-8-15(23)21-17(14)25/h3,5-6,13-14,20H,2,4,7-9H2,1H3,(H2,19,24)(H,21,23,25). The van der Waals surface area contributed by atoms with Crippen LogP contribution in [-0.2, 0) is 20.9 Å². The number of imide groups is 1. The summed E-state index contributed by atoms with van der Waals surface area (Å²) in [5, 5.41) is 5.42. The second-order valence-corrected chi connectivity index (χ2v) is 6.62. The molecule has 138 valence electrons. The molecule has 1 saturated heterocycles. The average Bonchev–Trinajstić information content (AvgIpc) is 2.92. The molecule has 0 spiro atoms. The van der Waals surface area contributed by atoms with Gasteiger partial charge in [-0.15, -0.1) is 0 Å². The van der Waals surface area contributed by atoms with Crippen LogP contribution in [-0.4, -0.2) is 40.6 Å². The Balaban J connectivity index is 1.84. The molecule has 2 heterocycles. The van der Waals surface area contributed by atoms with E-state index < -0.39 is 23.9 Å². The Morgan fingerprint density at radius 3 is 2.81 bits per heavy atom. The maximum absolute atomic E-state index is 12.8. The second kappa shape index (κ2) is 7.15. The number of benzene rings is 1. The molecule has 1 aromatic rings. The number of nitrogens with zero attached hydrogens (tertiary/aromatic N) is 1. The molecule has 8 heteroatoms. The van der Waals surface area contributed by atoms with E-state index in [2.05, 4.69) is 10.6 Å². The monoisotopic (exact) mass is 358 g/mol. The Bertz CT molecular complexity index is 776. The summed E-state index contributed by atoms with van der Waals surface area (Å²) >= 11 is 0. The number of rotatable bonds is 6. The van der Waals surface area contributed by atoms with Gasteiger partial charge in [-0.3, -0.25) is 24.5 Å². The smallest absolute Gasteiger partial charge is 0.255 e. The third-order valence-corrected chi connectivity index (χ3v) is 4.83. The molecular formula is C18H22N4O4. The fourth-order valence-electron chi connectivity index (χ4n) is 3.48. The first-order chi connectivity index (χ1) is 12.4. The molecule has 2 atom stereocenters. The van der Waals surface area contributed by atoms with Crippen molar-refractivity contribution in [3.05, 3.63) is 29.3 Å². The van der Waals surface area contributed by atoms with Crippen LogP contribution in [0, 0.1) is 0 Å². The van der Waals surface area contributed by atoms with Gasteiger partial charge in [-0.1, -0.05) is 19.4 Å². The molecule has 0 aromatic heterocycles. The van der Waals surface area contributed by atoms with Gasteiger partial charge in [-0.25, -0.2) is 0 Å². The van der Waals surface area contributed by atoms with Gasteiger partial charge < -0.3 is 16.0 Å². The zero-order valence-corrected chi connectivity index (χ0v) is 14.6. The number of amides is 4. The maximum Gasteiger partial charge on any atom is 0.255 e. The van der Waals surface area contributed by atoms with Crippen LogP contribution in [0.5, 0.6) is 0 Å². The van der Waals surface area contributed by atoms with Crippen molar-refractivity contribution in [1.29, 1.82) is 0 Å². The number of carbonyl (C=O) groups is 4. The summed E-state index contributed by atoms with van der Waals surface area (Å²) in [4.78, 5) is 49.4. The number of piperidine rings is 1. The van der Waals surface area contributed by atoms with E-state index in [0.717, 1.165) is 12.0 Å². The number of nitrogens with one attached hydrogen (secondary N) is 2. The lowest BCUT2D eigenvalue weighted by molar-refractivity contribution is -0.137. The molecule has 2 aliphatic rings. The van der Waals surface area contributed by atoms with Crippen LogP contribution in [0.25, 0.3) is 0 Å². The molecule has 0 aliphatic carbocycles. The lowest BCUT2D eigenvalue weighted by Gasteiger charge is -2.29. The molecule has 0 bridgehead atoms. The summed E-state index contributed by atoms with van der Waals surface area (Å²) in [6, 6.07) is 4.05. The Hall–Kier alpha value is -2.90. The van der Waals surface area contributed by atoms with Gasteiger partial charge in [0.1, 0.15) is 12.1 Å². The summed E-state index contributed by atoms with van der Waals surface area (Å²) in [5.74, 6) is -1.46. The number of fused-ring (bicyclic) bond motifs is 1. The van der Waals surface area contributed by atoms with Gasteiger partial charge in [-0.2, -0.15) is 0 Å². The van der Waals surface area contributed by atoms with Crippen molar-refractivity contribution < 1.29 is 19.2 Å². The summed E-state index contributed by atoms with van der Waals surface area (Å²) < 4.78 is 0. The highest BCUT2D eigenvalue weighted by molar-refractivity contribution is 6.06. The summed E-state index contributed by atoms with van der Waals surface area (Å²) in [5.41, 5.74) is 7.36. The van der Waals surface area contributed by atoms with Crippen molar-refractivity contribution in [3.63, 3.8) is 0 Å². The van der Waals surface area contributed by atoms with Crippen molar-refractivity contribution in [2.24, 2.45) is 5.73 Å². The molecule has 1 aromatic carbocycles. The first-order valence-electron chi connectivity index (χ1n) is 8.74. The van der Waals surface area contributed by atoms with E-state index >= 15 is 0 Å². The lowest BCUT2D eigenvalue weighted by Crippen LogP contribution is -2.52. The van der Waals surface area contributed by atoms with E-state index in [1.165, 1.54) is 4.90 Å². The number of hydrogen-bond acceptors (Lipinski definition) is 5. The minimum Gasteiger partial charge on any atom is -0.373 e. The largest absolute Gasteiger partial charge is 0.373 e. The van der Waals surface area contributed by atoms with E-state index in [1.54, 1.807) is 18.2 Å². The van der Waals surface area contributed by atoms with E-state index in [4.69, 9.17) is 5.73 Å². The van der Waals surface area contributed by atoms with Crippen LogP contribution in [0.3, 0.4) is 0 Å². The van der Waals surface area contributed by atoms with Crippen LogP contribution < -0.4 is 16.4 Å². The first-order valence-corrected chi connectivity index (χ1v) is 8.74. The fourth-order valence-corrected chi connectivity index (χ4v) is 3.48. The Labute approximate surface area is 151 Å². The second-order valence-electron chi connectivity index (χ2n) is 6.62. The maximum atomic E-state index is 12.8. The number of anilines is 1. The predicted octanol–water partition coefficient (Wildman–Crippen LogP) is 0.514. The van der Waals surface area contributed by atoms with Crippen LogP contribution in [0.15, 0.2) is 18.2 Å². The predicted molar refractivity (Wildman–Crippen MR) is 94.0 cm³/mol. The zero-order valence-electron chi connectivity index (χ0n) is 14.6. The molecule has 26 heavy (non-hydrogen) atoms. The molecule has 8 nitrogen and oxygen atoms in total. The lowest BCUT2D eigenvalue weighted by atomic mass is 10.0. The minimum atomic E-state index is -0.664. The highest BCUT2D eigenvalue weighted by Crippen LogP contribution is 2.32. The molecule has 2 unspecified atom stereocenters. The van der Waals surface area contributed by atoms with Crippen molar-refractivity contribution in [2.45, 2.75) is 51.2 Å². The molecule has 4 N–H and O–H groups in total. The third kappa shape index (κ3) is 3.26. The molecule has 3 rings (SSSR count). The molecule has 4 amide bonds. The number of carbonyl (C=O) groups excluding carboxylic acids is 4. The molecule has 2 aliphatic heterocycles. The Kier molecular flexibility index (Phi) is 4.92. The van der Waals surface area contributed by atoms with Crippen LogP contribution >= 0.6 is 0 Å². The SMILES string of the molecule is CCCC(Nc1cccc2c1CN(C1CCC(=O)NC1=O)C2=O)C(N)=O. The van der Waals surface area contributed by atoms with Gasteiger partial charge in [-0.05, 0) is 25.0 Å². The van der Waals surface area contributed by atoms with E-state index in [0.29, 0.717) is 24.1 Å².